The van der Waals surface area contributed by atoms with Crippen LogP contribution in [0, 0.1) is 5.92 Å². The normalized spacial score (nSPS) is 27.7. The van der Waals surface area contributed by atoms with Gasteiger partial charge < -0.3 is 10.2 Å². The Labute approximate surface area is 82.7 Å². The molecule has 1 saturated carbocycles. The Kier molecular flexibility index (Phi) is 4.74. The van der Waals surface area contributed by atoms with Crippen molar-refractivity contribution in [1.82, 2.24) is 10.2 Å². The molecule has 13 heavy (non-hydrogen) atoms. The fourth-order valence-electron chi connectivity index (χ4n) is 2.22. The first-order valence-corrected chi connectivity index (χ1v) is 5.70. The predicted octanol–water partition coefficient (Wildman–Crippen LogP) is 1.72. The second kappa shape index (κ2) is 5.61. The zero-order valence-electron chi connectivity index (χ0n) is 9.34. The third kappa shape index (κ3) is 2.96. The maximum Gasteiger partial charge on any atom is 0.0133 e. The smallest absolute Gasteiger partial charge is 0.0133 e. The molecule has 2 heteroatoms. The van der Waals surface area contributed by atoms with Gasteiger partial charge in [-0.3, -0.25) is 0 Å². The number of rotatable bonds is 6. The van der Waals surface area contributed by atoms with E-state index in [4.69, 9.17) is 0 Å². The summed E-state index contributed by atoms with van der Waals surface area (Å²) in [6.07, 6.45) is 4.11. The molecular formula is C11H24N2. The fraction of sp³-hybridized carbons (Fsp3) is 1.00. The largest absolute Gasteiger partial charge is 0.317 e. The molecule has 0 heterocycles. The number of nitrogens with zero attached hydrogens (tertiary/aromatic N) is 1. The molecule has 78 valence electrons. The van der Waals surface area contributed by atoms with Gasteiger partial charge in [0.15, 0.2) is 0 Å². The molecule has 0 spiro atoms. The number of nitrogens with one attached hydrogen (secondary N) is 1. The van der Waals surface area contributed by atoms with Crippen LogP contribution in [-0.4, -0.2) is 37.6 Å². The summed E-state index contributed by atoms with van der Waals surface area (Å²) in [4.78, 5) is 2.53. The molecule has 1 rings (SSSR count). The zero-order valence-corrected chi connectivity index (χ0v) is 9.34. The molecule has 1 N–H and O–H groups in total. The lowest BCUT2D eigenvalue weighted by Crippen LogP contribution is -2.49. The first kappa shape index (κ1) is 11.0. The lowest BCUT2D eigenvalue weighted by Gasteiger charge is -2.43. The van der Waals surface area contributed by atoms with Gasteiger partial charge in [0.05, 0.1) is 0 Å². The molecule has 1 fully saturated rings. The van der Waals surface area contributed by atoms with Crippen LogP contribution >= 0.6 is 0 Å². The van der Waals surface area contributed by atoms with E-state index in [1.807, 2.05) is 0 Å². The van der Waals surface area contributed by atoms with E-state index in [-0.39, 0.29) is 0 Å². The third-order valence-corrected chi connectivity index (χ3v) is 3.18. The molecule has 0 aromatic carbocycles. The van der Waals surface area contributed by atoms with E-state index in [0.29, 0.717) is 0 Å². The van der Waals surface area contributed by atoms with Crippen LogP contribution in [-0.2, 0) is 0 Å². The molecule has 2 nitrogen and oxygen atoms in total. The second-order valence-electron chi connectivity index (χ2n) is 4.19. The van der Waals surface area contributed by atoms with Crippen molar-refractivity contribution in [3.8, 4) is 0 Å². The van der Waals surface area contributed by atoms with Crippen LogP contribution in [0.1, 0.15) is 33.1 Å². The van der Waals surface area contributed by atoms with Crippen molar-refractivity contribution < 1.29 is 0 Å². The Bertz CT molecular complexity index is 136. The van der Waals surface area contributed by atoms with E-state index in [9.17, 15) is 0 Å². The zero-order chi connectivity index (χ0) is 9.68. The average molecular weight is 184 g/mol. The number of hydrogen-bond acceptors (Lipinski definition) is 2. The summed E-state index contributed by atoms with van der Waals surface area (Å²) in [6.45, 7) is 8.03. The van der Waals surface area contributed by atoms with Crippen molar-refractivity contribution in [2.75, 3.05) is 26.7 Å². The van der Waals surface area contributed by atoms with Gasteiger partial charge >= 0.3 is 0 Å². The summed E-state index contributed by atoms with van der Waals surface area (Å²) in [5.41, 5.74) is 0. The van der Waals surface area contributed by atoms with Gasteiger partial charge in [-0.1, -0.05) is 13.8 Å². The summed E-state index contributed by atoms with van der Waals surface area (Å²) < 4.78 is 0. The number of hydrogen-bond donors (Lipinski definition) is 1. The molecule has 2 atom stereocenters. The molecule has 0 aromatic heterocycles. The summed E-state index contributed by atoms with van der Waals surface area (Å²) in [5, 5.41) is 3.45. The van der Waals surface area contributed by atoms with Gasteiger partial charge in [-0.15, -0.1) is 0 Å². The van der Waals surface area contributed by atoms with Crippen molar-refractivity contribution in [2.45, 2.75) is 39.2 Å². The maximum absolute atomic E-state index is 3.45. The van der Waals surface area contributed by atoms with Crippen LogP contribution in [0.15, 0.2) is 0 Å². The van der Waals surface area contributed by atoms with Crippen molar-refractivity contribution in [2.24, 2.45) is 5.92 Å². The minimum Gasteiger partial charge on any atom is -0.317 e. The topological polar surface area (TPSA) is 15.3 Å². The highest BCUT2D eigenvalue weighted by atomic mass is 15.1. The molecule has 1 aliphatic rings. The van der Waals surface area contributed by atoms with Gasteiger partial charge in [0.1, 0.15) is 0 Å². The molecule has 2 unspecified atom stereocenters. The van der Waals surface area contributed by atoms with Crippen LogP contribution in [0.3, 0.4) is 0 Å². The predicted molar refractivity (Wildman–Crippen MR) is 58.0 cm³/mol. The first-order valence-electron chi connectivity index (χ1n) is 5.70. The van der Waals surface area contributed by atoms with Crippen molar-refractivity contribution in [3.05, 3.63) is 0 Å². The van der Waals surface area contributed by atoms with Crippen LogP contribution in [0.5, 0.6) is 0 Å². The van der Waals surface area contributed by atoms with Crippen LogP contribution in [0.4, 0.5) is 0 Å². The summed E-state index contributed by atoms with van der Waals surface area (Å²) in [6, 6.07) is 0.860. The van der Waals surface area contributed by atoms with Crippen molar-refractivity contribution in [1.29, 1.82) is 0 Å². The molecule has 0 aliphatic heterocycles. The monoisotopic (exact) mass is 184 g/mol. The average Bonchev–Trinajstić information content (AvgIpc) is 2.03. The van der Waals surface area contributed by atoms with Gasteiger partial charge in [0, 0.05) is 6.04 Å². The molecule has 0 amide bonds. The third-order valence-electron chi connectivity index (χ3n) is 3.18. The molecule has 1 aliphatic carbocycles. The van der Waals surface area contributed by atoms with Crippen LogP contribution in [0.2, 0.25) is 0 Å². The molecule has 0 aromatic rings. The standard InChI is InChI=1S/C11H24N2/c1-4-8-13(3)11-7-6-10(11)9-12-5-2/h10-12H,4-9H2,1-3H3. The van der Waals surface area contributed by atoms with E-state index in [2.05, 4.69) is 31.1 Å². The Morgan fingerprint density at radius 3 is 2.54 bits per heavy atom. The van der Waals surface area contributed by atoms with Gasteiger partial charge in [-0.25, -0.2) is 0 Å². The highest BCUT2D eigenvalue weighted by Gasteiger charge is 2.32. The Balaban J connectivity index is 2.19. The first-order chi connectivity index (χ1) is 6.29. The lowest BCUT2D eigenvalue weighted by atomic mass is 9.78. The SMILES string of the molecule is CCCN(C)C1CCC1CNCC. The van der Waals surface area contributed by atoms with E-state index >= 15 is 0 Å². The van der Waals surface area contributed by atoms with Crippen molar-refractivity contribution in [3.63, 3.8) is 0 Å². The van der Waals surface area contributed by atoms with E-state index in [0.717, 1.165) is 18.5 Å². The van der Waals surface area contributed by atoms with E-state index < -0.39 is 0 Å². The van der Waals surface area contributed by atoms with E-state index in [1.165, 1.54) is 32.4 Å². The highest BCUT2D eigenvalue weighted by molar-refractivity contribution is 4.88. The molecular weight excluding hydrogens is 160 g/mol. The fourth-order valence-corrected chi connectivity index (χ4v) is 2.22. The minimum atomic E-state index is 0.860. The van der Waals surface area contributed by atoms with Gasteiger partial charge in [-0.2, -0.15) is 0 Å². The van der Waals surface area contributed by atoms with Crippen LogP contribution in [0.25, 0.3) is 0 Å². The Morgan fingerprint density at radius 1 is 1.31 bits per heavy atom. The minimum absolute atomic E-state index is 0.860. The summed E-state index contributed by atoms with van der Waals surface area (Å²) >= 11 is 0. The Morgan fingerprint density at radius 2 is 2.08 bits per heavy atom. The van der Waals surface area contributed by atoms with Gasteiger partial charge in [0.25, 0.3) is 0 Å². The quantitative estimate of drug-likeness (QED) is 0.676. The van der Waals surface area contributed by atoms with Gasteiger partial charge in [0.2, 0.25) is 0 Å². The highest BCUT2D eigenvalue weighted by Crippen LogP contribution is 2.30. The Hall–Kier alpha value is -0.0800. The molecule has 0 radical (unpaired) electrons. The van der Waals surface area contributed by atoms with E-state index in [1.54, 1.807) is 0 Å². The second-order valence-corrected chi connectivity index (χ2v) is 4.19. The molecule has 0 saturated heterocycles. The molecule has 0 bridgehead atoms. The maximum atomic E-state index is 3.45. The van der Waals surface area contributed by atoms with Crippen molar-refractivity contribution >= 4 is 0 Å². The summed E-state index contributed by atoms with van der Waals surface area (Å²) in [5.74, 6) is 0.913. The lowest BCUT2D eigenvalue weighted by molar-refractivity contribution is 0.0843. The summed E-state index contributed by atoms with van der Waals surface area (Å²) in [7, 11) is 2.27. The van der Waals surface area contributed by atoms with Gasteiger partial charge in [-0.05, 0) is 51.9 Å². The van der Waals surface area contributed by atoms with Crippen LogP contribution < -0.4 is 5.32 Å².